The van der Waals surface area contributed by atoms with Crippen molar-refractivity contribution in [3.8, 4) is 5.75 Å². The second-order valence-corrected chi connectivity index (χ2v) is 11.0. The average molecular weight is 537 g/mol. The topological polar surface area (TPSA) is 9.23 Å². The Bertz CT molecular complexity index is 840. The summed E-state index contributed by atoms with van der Waals surface area (Å²) in [5.74, 6) is -1.08. The van der Waals surface area contributed by atoms with E-state index >= 15 is 0 Å². The molecule has 2 saturated carbocycles. The Labute approximate surface area is 215 Å². The summed E-state index contributed by atoms with van der Waals surface area (Å²) >= 11 is 0. The van der Waals surface area contributed by atoms with Crippen molar-refractivity contribution in [3.05, 3.63) is 35.4 Å². The molecule has 0 spiro atoms. The third kappa shape index (κ3) is 9.82. The number of hydrogen-bond acceptors (Lipinski definition) is 1. The van der Waals surface area contributed by atoms with Gasteiger partial charge in [-0.05, 0) is 61.9 Å². The number of hydrogen-bond donors (Lipinski definition) is 0. The molecule has 210 valence electrons. The SMILES string of the molecule is CCCCCC1CCC(C2CCC(CCC(F)(F)Oc3cc(F)c(/C=C/C(F)(F)F)c(F)c3)CC2)CC1. The van der Waals surface area contributed by atoms with Crippen molar-refractivity contribution in [2.45, 2.75) is 109 Å². The smallest absolute Gasteiger partial charge is 0.409 e. The number of halogens is 7. The maximum absolute atomic E-state index is 14.4. The zero-order valence-corrected chi connectivity index (χ0v) is 21.6. The Morgan fingerprint density at radius 3 is 1.78 bits per heavy atom. The van der Waals surface area contributed by atoms with Gasteiger partial charge in [0.05, 0.1) is 6.42 Å². The van der Waals surface area contributed by atoms with Crippen molar-refractivity contribution in [3.63, 3.8) is 0 Å². The van der Waals surface area contributed by atoms with Gasteiger partial charge in [0, 0.05) is 23.8 Å². The van der Waals surface area contributed by atoms with Crippen molar-refractivity contribution in [2.24, 2.45) is 23.7 Å². The molecule has 0 unspecified atom stereocenters. The summed E-state index contributed by atoms with van der Waals surface area (Å²) in [4.78, 5) is 0. The molecule has 1 aromatic carbocycles. The van der Waals surface area contributed by atoms with E-state index in [1.807, 2.05) is 0 Å². The summed E-state index contributed by atoms with van der Waals surface area (Å²) in [6.45, 7) is 2.23. The maximum Gasteiger partial charge on any atom is 0.409 e. The minimum absolute atomic E-state index is 0.166. The fourth-order valence-electron chi connectivity index (χ4n) is 6.13. The molecule has 0 aromatic heterocycles. The lowest BCUT2D eigenvalue weighted by atomic mass is 9.68. The fourth-order valence-corrected chi connectivity index (χ4v) is 6.13. The quantitative estimate of drug-likeness (QED) is 0.202. The Hall–Kier alpha value is -1.73. The highest BCUT2D eigenvalue weighted by Crippen LogP contribution is 2.43. The van der Waals surface area contributed by atoms with Crippen molar-refractivity contribution >= 4 is 6.08 Å². The molecule has 37 heavy (non-hydrogen) atoms. The fraction of sp³-hybridized carbons (Fsp3) is 0.724. The highest BCUT2D eigenvalue weighted by atomic mass is 19.4. The normalized spacial score (nSPS) is 25.5. The van der Waals surface area contributed by atoms with E-state index in [0.717, 1.165) is 37.5 Å². The van der Waals surface area contributed by atoms with Gasteiger partial charge < -0.3 is 4.74 Å². The molecule has 0 N–H and O–H groups in total. The highest BCUT2D eigenvalue weighted by Gasteiger charge is 2.35. The monoisotopic (exact) mass is 536 g/mol. The molecule has 1 aromatic rings. The van der Waals surface area contributed by atoms with E-state index in [0.29, 0.717) is 18.1 Å². The van der Waals surface area contributed by atoms with Crippen LogP contribution in [-0.2, 0) is 0 Å². The van der Waals surface area contributed by atoms with Gasteiger partial charge in [0.2, 0.25) is 0 Å². The summed E-state index contributed by atoms with van der Waals surface area (Å²) in [6.07, 6.45) is 5.59. The molecule has 3 rings (SSSR count). The molecule has 0 amide bonds. The van der Waals surface area contributed by atoms with E-state index in [4.69, 9.17) is 0 Å². The lowest BCUT2D eigenvalue weighted by molar-refractivity contribution is -0.183. The van der Waals surface area contributed by atoms with Crippen LogP contribution in [0, 0.1) is 35.3 Å². The molecular weight excluding hydrogens is 497 g/mol. The van der Waals surface area contributed by atoms with E-state index in [-0.39, 0.29) is 24.5 Å². The minimum Gasteiger partial charge on any atom is -0.432 e. The second kappa shape index (κ2) is 13.4. The van der Waals surface area contributed by atoms with Gasteiger partial charge in [-0.25, -0.2) is 8.78 Å². The van der Waals surface area contributed by atoms with Gasteiger partial charge in [-0.1, -0.05) is 58.3 Å². The van der Waals surface area contributed by atoms with Gasteiger partial charge in [0.1, 0.15) is 17.4 Å². The van der Waals surface area contributed by atoms with Crippen LogP contribution in [0.25, 0.3) is 6.08 Å². The lowest BCUT2D eigenvalue weighted by Crippen LogP contribution is -2.28. The van der Waals surface area contributed by atoms with Crippen molar-refractivity contribution in [2.75, 3.05) is 0 Å². The molecule has 0 bridgehead atoms. The number of rotatable bonds is 11. The zero-order chi connectivity index (χ0) is 27.1. The predicted molar refractivity (Wildman–Crippen MR) is 131 cm³/mol. The molecule has 2 fully saturated rings. The Morgan fingerprint density at radius 1 is 0.784 bits per heavy atom. The molecular formula is C29H39F7O. The predicted octanol–water partition coefficient (Wildman–Crippen LogP) is 10.5. The molecule has 0 saturated heterocycles. The first-order valence-corrected chi connectivity index (χ1v) is 13.8. The number of benzene rings is 1. The van der Waals surface area contributed by atoms with Gasteiger partial charge in [0.15, 0.2) is 0 Å². The molecule has 8 heteroatoms. The molecule has 0 heterocycles. The molecule has 2 aliphatic carbocycles. The summed E-state index contributed by atoms with van der Waals surface area (Å²) in [5, 5.41) is 0. The van der Waals surface area contributed by atoms with Crippen molar-refractivity contribution < 1.29 is 35.5 Å². The first kappa shape index (κ1) is 29.8. The van der Waals surface area contributed by atoms with Crippen LogP contribution >= 0.6 is 0 Å². The van der Waals surface area contributed by atoms with Gasteiger partial charge in [-0.2, -0.15) is 22.0 Å². The van der Waals surface area contributed by atoms with Gasteiger partial charge in [-0.15, -0.1) is 0 Å². The summed E-state index contributed by atoms with van der Waals surface area (Å²) in [6, 6.07) is 0.966. The Balaban J connectivity index is 1.42. The van der Waals surface area contributed by atoms with Crippen LogP contribution in [0.5, 0.6) is 5.75 Å². The molecule has 2 aliphatic rings. The van der Waals surface area contributed by atoms with Crippen LogP contribution < -0.4 is 4.74 Å². The summed E-state index contributed by atoms with van der Waals surface area (Å²) < 4.78 is 98.3. The standard InChI is InChI=1S/C29H39F7O/c1-2-3-4-5-20-6-10-22(11-7-20)23-12-8-21(9-13-23)14-17-29(35,36)37-24-18-26(30)25(27(31)19-24)15-16-28(32,33)34/h15-16,18-23H,2-14,17H2,1H3/b16-15+. The Kier molecular flexibility index (Phi) is 10.8. The first-order valence-electron chi connectivity index (χ1n) is 13.8. The molecule has 0 radical (unpaired) electrons. The van der Waals surface area contributed by atoms with Crippen LogP contribution in [0.1, 0.15) is 102 Å². The van der Waals surface area contributed by atoms with E-state index in [1.165, 1.54) is 51.4 Å². The average Bonchev–Trinajstić information content (AvgIpc) is 2.82. The Morgan fingerprint density at radius 2 is 1.30 bits per heavy atom. The minimum atomic E-state index is -4.76. The van der Waals surface area contributed by atoms with Crippen LogP contribution in [0.2, 0.25) is 0 Å². The number of allylic oxidation sites excluding steroid dienone is 1. The van der Waals surface area contributed by atoms with Crippen LogP contribution in [-0.4, -0.2) is 12.3 Å². The molecule has 0 atom stereocenters. The van der Waals surface area contributed by atoms with Gasteiger partial charge >= 0.3 is 12.3 Å². The van der Waals surface area contributed by atoms with Crippen molar-refractivity contribution in [1.82, 2.24) is 0 Å². The maximum atomic E-state index is 14.4. The second-order valence-electron chi connectivity index (χ2n) is 11.0. The van der Waals surface area contributed by atoms with Crippen molar-refractivity contribution in [1.29, 1.82) is 0 Å². The summed E-state index contributed by atoms with van der Waals surface area (Å²) in [7, 11) is 0. The first-order chi connectivity index (χ1) is 17.5. The van der Waals surface area contributed by atoms with E-state index in [1.54, 1.807) is 0 Å². The summed E-state index contributed by atoms with van der Waals surface area (Å²) in [5.41, 5.74) is -0.963. The van der Waals surface area contributed by atoms with Crippen LogP contribution in [0.4, 0.5) is 30.7 Å². The molecule has 0 aliphatic heterocycles. The van der Waals surface area contributed by atoms with E-state index in [2.05, 4.69) is 11.7 Å². The number of alkyl halides is 5. The zero-order valence-electron chi connectivity index (χ0n) is 21.6. The molecule has 1 nitrogen and oxygen atoms in total. The van der Waals surface area contributed by atoms with E-state index in [9.17, 15) is 30.7 Å². The number of unbranched alkanes of at least 4 members (excludes halogenated alkanes) is 2. The lowest BCUT2D eigenvalue weighted by Gasteiger charge is -2.38. The van der Waals surface area contributed by atoms with Crippen LogP contribution in [0.15, 0.2) is 18.2 Å². The third-order valence-electron chi connectivity index (χ3n) is 8.27. The highest BCUT2D eigenvalue weighted by molar-refractivity contribution is 5.53. The van der Waals surface area contributed by atoms with Gasteiger partial charge in [-0.3, -0.25) is 0 Å². The van der Waals surface area contributed by atoms with Gasteiger partial charge in [0.25, 0.3) is 0 Å². The van der Waals surface area contributed by atoms with Crippen LogP contribution in [0.3, 0.4) is 0 Å². The van der Waals surface area contributed by atoms with E-state index < -0.39 is 41.7 Å². The largest absolute Gasteiger partial charge is 0.432 e. The number of ether oxygens (including phenoxy) is 1. The third-order valence-corrected chi connectivity index (χ3v) is 8.27.